The number of nitrogens with one attached hydrogen (secondary N) is 1. The normalized spacial score (nSPS) is 15.8. The highest BCUT2D eigenvalue weighted by Crippen LogP contribution is 2.32. The van der Waals surface area contributed by atoms with E-state index in [1.54, 1.807) is 20.3 Å². The summed E-state index contributed by atoms with van der Waals surface area (Å²) in [4.78, 5) is 14.8. The van der Waals surface area contributed by atoms with Gasteiger partial charge in [0.2, 0.25) is 0 Å². The molecule has 1 aromatic carbocycles. The van der Waals surface area contributed by atoms with Crippen LogP contribution in [-0.2, 0) is 11.3 Å². The molecule has 1 aliphatic rings. The van der Waals surface area contributed by atoms with Crippen molar-refractivity contribution in [1.29, 1.82) is 0 Å². The van der Waals surface area contributed by atoms with Crippen molar-refractivity contribution in [3.8, 4) is 11.5 Å². The Balaban J connectivity index is 1.78. The molecule has 28 heavy (non-hydrogen) atoms. The summed E-state index contributed by atoms with van der Waals surface area (Å²) in [6.45, 7) is 3.61. The molecule has 0 radical (unpaired) electrons. The summed E-state index contributed by atoms with van der Waals surface area (Å²) in [7, 11) is 3.22. The molecule has 1 saturated heterocycles. The van der Waals surface area contributed by atoms with Gasteiger partial charge < -0.3 is 29.7 Å². The summed E-state index contributed by atoms with van der Waals surface area (Å²) in [5, 5.41) is 3.00. The molecule has 8 heteroatoms. The number of furan rings is 1. The van der Waals surface area contributed by atoms with E-state index >= 15 is 0 Å². The van der Waals surface area contributed by atoms with Gasteiger partial charge in [0.25, 0.3) is 5.91 Å². The van der Waals surface area contributed by atoms with E-state index in [-0.39, 0.29) is 18.5 Å². The number of hydrogen-bond donors (Lipinski definition) is 2. The first-order valence-corrected chi connectivity index (χ1v) is 9.25. The maximum atomic E-state index is 12.5. The third-order valence-corrected chi connectivity index (χ3v) is 4.85. The molecule has 8 nitrogen and oxygen atoms in total. The Labute approximate surface area is 164 Å². The van der Waals surface area contributed by atoms with Gasteiger partial charge in [-0.2, -0.15) is 0 Å². The molecule has 1 amide bonds. The molecule has 1 unspecified atom stereocenters. The van der Waals surface area contributed by atoms with E-state index in [0.29, 0.717) is 42.6 Å². The average molecular weight is 389 g/mol. The standard InChI is InChI=1S/C20H27N3O5/c1-25-18-4-3-14(10-19(18)26-2)17(23-5-7-27-8-6-23)12-22-20(24)15-9-16(11-21)28-13-15/h3-4,9-10,13,17H,5-8,11-12,21H2,1-2H3,(H,22,24). The highest BCUT2D eigenvalue weighted by molar-refractivity contribution is 5.94. The largest absolute Gasteiger partial charge is 0.493 e. The zero-order valence-electron chi connectivity index (χ0n) is 16.3. The number of morpholine rings is 1. The molecule has 1 aromatic heterocycles. The number of amides is 1. The van der Waals surface area contributed by atoms with Gasteiger partial charge in [0.1, 0.15) is 12.0 Å². The predicted octanol–water partition coefficient (Wildman–Crippen LogP) is 1.56. The topological polar surface area (TPSA) is 99.2 Å². The van der Waals surface area contributed by atoms with Gasteiger partial charge in [-0.05, 0) is 23.8 Å². The van der Waals surface area contributed by atoms with Crippen LogP contribution in [-0.4, -0.2) is 57.9 Å². The second-order valence-electron chi connectivity index (χ2n) is 6.49. The number of carbonyl (C=O) groups is 1. The first-order valence-electron chi connectivity index (χ1n) is 9.25. The lowest BCUT2D eigenvalue weighted by Crippen LogP contribution is -2.43. The molecule has 152 valence electrons. The van der Waals surface area contributed by atoms with E-state index in [1.165, 1.54) is 6.26 Å². The van der Waals surface area contributed by atoms with Crippen LogP contribution in [0.15, 0.2) is 34.9 Å². The average Bonchev–Trinajstić information content (AvgIpc) is 3.24. The van der Waals surface area contributed by atoms with Crippen molar-refractivity contribution in [3.05, 3.63) is 47.4 Å². The molecule has 1 atom stereocenters. The van der Waals surface area contributed by atoms with E-state index in [9.17, 15) is 4.79 Å². The van der Waals surface area contributed by atoms with Crippen LogP contribution in [0.4, 0.5) is 0 Å². The fraction of sp³-hybridized carbons (Fsp3) is 0.450. The van der Waals surface area contributed by atoms with Crippen LogP contribution in [0, 0.1) is 0 Å². The fourth-order valence-electron chi connectivity index (χ4n) is 3.31. The van der Waals surface area contributed by atoms with Crippen molar-refractivity contribution < 1.29 is 23.4 Å². The maximum Gasteiger partial charge on any atom is 0.254 e. The third kappa shape index (κ3) is 4.64. The molecular weight excluding hydrogens is 362 g/mol. The van der Waals surface area contributed by atoms with Gasteiger partial charge in [0.05, 0.1) is 45.6 Å². The fourth-order valence-corrected chi connectivity index (χ4v) is 3.31. The molecular formula is C20H27N3O5. The van der Waals surface area contributed by atoms with E-state index in [1.807, 2.05) is 18.2 Å². The van der Waals surface area contributed by atoms with Gasteiger partial charge in [0.15, 0.2) is 11.5 Å². The summed E-state index contributed by atoms with van der Waals surface area (Å²) in [5.41, 5.74) is 7.05. The van der Waals surface area contributed by atoms with Gasteiger partial charge >= 0.3 is 0 Å². The van der Waals surface area contributed by atoms with Crippen LogP contribution < -0.4 is 20.5 Å². The van der Waals surface area contributed by atoms with E-state index in [0.717, 1.165) is 18.7 Å². The summed E-state index contributed by atoms with van der Waals surface area (Å²) in [6.07, 6.45) is 1.43. The van der Waals surface area contributed by atoms with Crippen molar-refractivity contribution in [3.63, 3.8) is 0 Å². The van der Waals surface area contributed by atoms with Crippen molar-refractivity contribution >= 4 is 5.91 Å². The predicted molar refractivity (Wildman–Crippen MR) is 104 cm³/mol. The summed E-state index contributed by atoms with van der Waals surface area (Å²) in [6, 6.07) is 7.48. The lowest BCUT2D eigenvalue weighted by atomic mass is 10.0. The first kappa shape index (κ1) is 20.2. The molecule has 1 fully saturated rings. The number of hydrogen-bond acceptors (Lipinski definition) is 7. The second kappa shape index (κ2) is 9.59. The summed E-state index contributed by atoms with van der Waals surface area (Å²) in [5.74, 6) is 1.72. The van der Waals surface area contributed by atoms with Crippen LogP contribution in [0.2, 0.25) is 0 Å². The molecule has 2 aromatic rings. The smallest absolute Gasteiger partial charge is 0.254 e. The van der Waals surface area contributed by atoms with Crippen molar-refractivity contribution in [2.24, 2.45) is 5.73 Å². The monoisotopic (exact) mass is 389 g/mol. The zero-order chi connectivity index (χ0) is 19.9. The van der Waals surface area contributed by atoms with E-state index in [2.05, 4.69) is 10.2 Å². The number of rotatable bonds is 8. The number of nitrogens with zero attached hydrogens (tertiary/aromatic N) is 1. The molecule has 0 aliphatic carbocycles. The molecule has 1 aliphatic heterocycles. The lowest BCUT2D eigenvalue weighted by Gasteiger charge is -2.35. The van der Waals surface area contributed by atoms with Crippen LogP contribution in [0.5, 0.6) is 11.5 Å². The minimum Gasteiger partial charge on any atom is -0.493 e. The van der Waals surface area contributed by atoms with Gasteiger partial charge in [-0.1, -0.05) is 6.07 Å². The number of methoxy groups -OCH3 is 2. The van der Waals surface area contributed by atoms with Crippen molar-refractivity contribution in [1.82, 2.24) is 10.2 Å². The number of benzene rings is 1. The lowest BCUT2D eigenvalue weighted by molar-refractivity contribution is 0.0162. The van der Waals surface area contributed by atoms with Gasteiger partial charge in [-0.25, -0.2) is 0 Å². The minimum absolute atomic E-state index is 0.0199. The Kier molecular flexibility index (Phi) is 6.91. The van der Waals surface area contributed by atoms with Gasteiger partial charge in [-0.3, -0.25) is 9.69 Å². The molecule has 2 heterocycles. The molecule has 3 rings (SSSR count). The zero-order valence-corrected chi connectivity index (χ0v) is 16.3. The van der Waals surface area contributed by atoms with Gasteiger partial charge in [0, 0.05) is 19.6 Å². The Bertz CT molecular complexity index is 786. The molecule has 3 N–H and O–H groups in total. The Hall–Kier alpha value is -2.55. The Morgan fingerprint density at radius 2 is 1.96 bits per heavy atom. The Morgan fingerprint density at radius 1 is 1.21 bits per heavy atom. The minimum atomic E-state index is -0.192. The second-order valence-corrected chi connectivity index (χ2v) is 6.49. The SMILES string of the molecule is COc1ccc(C(CNC(=O)c2coc(CN)c2)N2CCOCC2)cc1OC. The Morgan fingerprint density at radius 3 is 2.61 bits per heavy atom. The quantitative estimate of drug-likeness (QED) is 0.707. The number of carbonyl (C=O) groups excluding carboxylic acids is 1. The highest BCUT2D eigenvalue weighted by atomic mass is 16.5. The van der Waals surface area contributed by atoms with Crippen LogP contribution in [0.25, 0.3) is 0 Å². The van der Waals surface area contributed by atoms with Crippen molar-refractivity contribution in [2.45, 2.75) is 12.6 Å². The van der Waals surface area contributed by atoms with Crippen LogP contribution >= 0.6 is 0 Å². The third-order valence-electron chi connectivity index (χ3n) is 4.85. The molecule has 0 saturated carbocycles. The first-order chi connectivity index (χ1) is 13.7. The van der Waals surface area contributed by atoms with E-state index in [4.69, 9.17) is 24.4 Å². The summed E-state index contributed by atoms with van der Waals surface area (Å²) < 4.78 is 21.5. The highest BCUT2D eigenvalue weighted by Gasteiger charge is 2.25. The molecule has 0 bridgehead atoms. The summed E-state index contributed by atoms with van der Waals surface area (Å²) >= 11 is 0. The number of nitrogens with two attached hydrogens (primary N) is 1. The van der Waals surface area contributed by atoms with E-state index < -0.39 is 0 Å². The van der Waals surface area contributed by atoms with Crippen LogP contribution in [0.1, 0.15) is 27.7 Å². The number of ether oxygens (including phenoxy) is 3. The maximum absolute atomic E-state index is 12.5. The van der Waals surface area contributed by atoms with Crippen molar-refractivity contribution in [2.75, 3.05) is 47.1 Å². The molecule has 0 spiro atoms. The van der Waals surface area contributed by atoms with Gasteiger partial charge in [-0.15, -0.1) is 0 Å². The van der Waals surface area contributed by atoms with Crippen LogP contribution in [0.3, 0.4) is 0 Å².